The third kappa shape index (κ3) is 2.18. The second-order valence-corrected chi connectivity index (χ2v) is 3.27. The number of rotatable bonds is 2. The van der Waals surface area contributed by atoms with E-state index < -0.39 is 5.97 Å². The Labute approximate surface area is 77.4 Å². The van der Waals surface area contributed by atoms with Gasteiger partial charge in [0.05, 0.1) is 9.39 Å². The van der Waals surface area contributed by atoms with Crippen LogP contribution in [0.3, 0.4) is 0 Å². The quantitative estimate of drug-likeness (QED) is 0.808. The van der Waals surface area contributed by atoms with Gasteiger partial charge in [-0.2, -0.15) is 5.10 Å². The summed E-state index contributed by atoms with van der Waals surface area (Å²) in [4.78, 5) is 10.3. The Balaban J connectivity index is 2.85. The summed E-state index contributed by atoms with van der Waals surface area (Å²) in [6, 6.07) is 1.84. The molecule has 1 heterocycles. The van der Waals surface area contributed by atoms with E-state index in [1.807, 2.05) is 13.0 Å². The van der Waals surface area contributed by atoms with Gasteiger partial charge in [-0.25, -0.2) is 4.68 Å². The highest BCUT2D eigenvalue weighted by atomic mass is 127. The Morgan fingerprint density at radius 1 is 1.91 bits per heavy atom. The first-order valence-corrected chi connectivity index (χ1v) is 4.09. The summed E-state index contributed by atoms with van der Waals surface area (Å²) >= 11 is 2.05. The number of aromatic nitrogens is 2. The molecule has 0 aliphatic heterocycles. The van der Waals surface area contributed by atoms with Gasteiger partial charge in [0.15, 0.2) is 0 Å². The van der Waals surface area contributed by atoms with Crippen molar-refractivity contribution < 1.29 is 9.90 Å². The Bertz CT molecular complexity index is 282. The second kappa shape index (κ2) is 3.21. The third-order valence-corrected chi connectivity index (χ3v) is 2.01. The van der Waals surface area contributed by atoms with Crippen LogP contribution in [-0.2, 0) is 11.3 Å². The SMILES string of the molecule is Cc1cc(I)n(CC(=O)O)n1. The van der Waals surface area contributed by atoms with Crippen molar-refractivity contribution in [3.05, 3.63) is 15.5 Å². The molecular formula is C6H7IN2O2. The zero-order chi connectivity index (χ0) is 8.43. The van der Waals surface area contributed by atoms with Gasteiger partial charge in [-0.3, -0.25) is 4.79 Å². The fourth-order valence-corrected chi connectivity index (χ4v) is 1.48. The molecule has 1 aromatic rings. The maximum atomic E-state index is 10.3. The van der Waals surface area contributed by atoms with E-state index in [4.69, 9.17) is 5.11 Å². The van der Waals surface area contributed by atoms with Gasteiger partial charge in [-0.05, 0) is 35.6 Å². The molecule has 11 heavy (non-hydrogen) atoms. The predicted octanol–water partition coefficient (Wildman–Crippen LogP) is 0.881. The number of hydrogen-bond acceptors (Lipinski definition) is 2. The fourth-order valence-electron chi connectivity index (χ4n) is 0.753. The van der Waals surface area contributed by atoms with Crippen molar-refractivity contribution in [2.75, 3.05) is 0 Å². The predicted molar refractivity (Wildman–Crippen MR) is 47.3 cm³/mol. The third-order valence-electron chi connectivity index (χ3n) is 1.14. The number of nitrogens with zero attached hydrogens (tertiary/aromatic N) is 2. The number of carboxylic acids is 1. The van der Waals surface area contributed by atoms with Crippen LogP contribution in [0, 0.1) is 10.6 Å². The molecule has 5 heteroatoms. The molecule has 0 saturated heterocycles. The molecule has 0 spiro atoms. The van der Waals surface area contributed by atoms with E-state index in [0.717, 1.165) is 9.39 Å². The van der Waals surface area contributed by atoms with Crippen molar-refractivity contribution in [1.82, 2.24) is 9.78 Å². The lowest BCUT2D eigenvalue weighted by molar-refractivity contribution is -0.137. The van der Waals surface area contributed by atoms with E-state index in [9.17, 15) is 4.79 Å². The van der Waals surface area contributed by atoms with Crippen LogP contribution in [-0.4, -0.2) is 20.9 Å². The standard InChI is InChI=1S/C6H7IN2O2/c1-4-2-5(7)9(8-4)3-6(10)11/h2H,3H2,1H3,(H,10,11). The zero-order valence-electron chi connectivity index (χ0n) is 5.91. The zero-order valence-corrected chi connectivity index (χ0v) is 8.07. The number of carboxylic acid groups (broad SMARTS) is 1. The van der Waals surface area contributed by atoms with Crippen LogP contribution in [0.5, 0.6) is 0 Å². The molecule has 0 aliphatic carbocycles. The largest absolute Gasteiger partial charge is 0.480 e. The van der Waals surface area contributed by atoms with Crippen LogP contribution in [0.25, 0.3) is 0 Å². The first-order chi connectivity index (χ1) is 5.09. The molecule has 60 valence electrons. The summed E-state index contributed by atoms with van der Waals surface area (Å²) in [6.45, 7) is 1.77. The molecule has 0 saturated carbocycles. The Morgan fingerprint density at radius 2 is 2.55 bits per heavy atom. The lowest BCUT2D eigenvalue weighted by atomic mass is 10.5. The molecule has 0 unspecified atom stereocenters. The topological polar surface area (TPSA) is 55.1 Å². The van der Waals surface area contributed by atoms with Crippen molar-refractivity contribution in [2.24, 2.45) is 0 Å². The molecule has 0 aromatic carbocycles. The fraction of sp³-hybridized carbons (Fsp3) is 0.333. The lowest BCUT2D eigenvalue weighted by Crippen LogP contribution is -2.11. The molecule has 0 fully saturated rings. The molecule has 1 N–H and O–H groups in total. The van der Waals surface area contributed by atoms with Crippen LogP contribution in [0.4, 0.5) is 0 Å². The Hall–Kier alpha value is -0.590. The van der Waals surface area contributed by atoms with Gasteiger partial charge in [0.1, 0.15) is 6.54 Å². The van der Waals surface area contributed by atoms with Gasteiger partial charge in [0.2, 0.25) is 0 Å². The number of halogens is 1. The molecule has 0 atom stereocenters. The number of carbonyl (C=O) groups is 1. The maximum absolute atomic E-state index is 10.3. The maximum Gasteiger partial charge on any atom is 0.325 e. The van der Waals surface area contributed by atoms with E-state index >= 15 is 0 Å². The molecule has 0 aliphatic rings. The number of hydrogen-bond donors (Lipinski definition) is 1. The van der Waals surface area contributed by atoms with E-state index in [1.165, 1.54) is 4.68 Å². The monoisotopic (exact) mass is 266 g/mol. The average Bonchev–Trinajstić information content (AvgIpc) is 2.09. The molecule has 0 amide bonds. The van der Waals surface area contributed by atoms with Crippen LogP contribution < -0.4 is 0 Å². The summed E-state index contributed by atoms with van der Waals surface area (Å²) in [5.41, 5.74) is 0.843. The van der Waals surface area contributed by atoms with Gasteiger partial charge >= 0.3 is 5.97 Å². The van der Waals surface area contributed by atoms with Crippen molar-refractivity contribution in [1.29, 1.82) is 0 Å². The number of aryl methyl sites for hydroxylation is 1. The highest BCUT2D eigenvalue weighted by Crippen LogP contribution is 2.05. The minimum Gasteiger partial charge on any atom is -0.480 e. The molecule has 0 radical (unpaired) electrons. The smallest absolute Gasteiger partial charge is 0.325 e. The summed E-state index contributed by atoms with van der Waals surface area (Å²) in [6.07, 6.45) is 0. The highest BCUT2D eigenvalue weighted by Gasteiger charge is 2.04. The molecule has 1 aromatic heterocycles. The van der Waals surface area contributed by atoms with Crippen LogP contribution in [0.15, 0.2) is 6.07 Å². The van der Waals surface area contributed by atoms with Gasteiger partial charge in [0.25, 0.3) is 0 Å². The molecule has 1 rings (SSSR count). The summed E-state index contributed by atoms with van der Waals surface area (Å²) in [7, 11) is 0. The minimum atomic E-state index is -0.869. The average molecular weight is 266 g/mol. The minimum absolute atomic E-state index is 0.0634. The van der Waals surface area contributed by atoms with Crippen molar-refractivity contribution in [3.63, 3.8) is 0 Å². The van der Waals surface area contributed by atoms with Crippen LogP contribution >= 0.6 is 22.6 Å². The second-order valence-electron chi connectivity index (χ2n) is 2.16. The van der Waals surface area contributed by atoms with Crippen LogP contribution in [0.2, 0.25) is 0 Å². The number of aliphatic carboxylic acids is 1. The van der Waals surface area contributed by atoms with Crippen molar-refractivity contribution >= 4 is 28.6 Å². The Kier molecular flexibility index (Phi) is 2.48. The van der Waals surface area contributed by atoms with Gasteiger partial charge in [-0.1, -0.05) is 0 Å². The molecule has 0 bridgehead atoms. The van der Waals surface area contributed by atoms with Crippen molar-refractivity contribution in [3.8, 4) is 0 Å². The van der Waals surface area contributed by atoms with Gasteiger partial charge in [-0.15, -0.1) is 0 Å². The summed E-state index contributed by atoms with van der Waals surface area (Å²) in [5, 5.41) is 12.4. The van der Waals surface area contributed by atoms with Crippen molar-refractivity contribution in [2.45, 2.75) is 13.5 Å². The van der Waals surface area contributed by atoms with Crippen LogP contribution in [0.1, 0.15) is 5.69 Å². The van der Waals surface area contributed by atoms with E-state index in [2.05, 4.69) is 27.7 Å². The summed E-state index contributed by atoms with van der Waals surface area (Å²) < 4.78 is 2.31. The first kappa shape index (κ1) is 8.51. The van der Waals surface area contributed by atoms with E-state index in [1.54, 1.807) is 0 Å². The van der Waals surface area contributed by atoms with E-state index in [0.29, 0.717) is 0 Å². The first-order valence-electron chi connectivity index (χ1n) is 3.01. The molecule has 4 nitrogen and oxygen atoms in total. The van der Waals surface area contributed by atoms with E-state index in [-0.39, 0.29) is 6.54 Å². The van der Waals surface area contributed by atoms with Gasteiger partial charge in [0, 0.05) is 0 Å². The molecular weight excluding hydrogens is 259 g/mol. The highest BCUT2D eigenvalue weighted by molar-refractivity contribution is 14.1. The Morgan fingerprint density at radius 3 is 2.91 bits per heavy atom. The normalized spacial score (nSPS) is 10.0. The summed E-state index contributed by atoms with van der Waals surface area (Å²) in [5.74, 6) is -0.869. The van der Waals surface area contributed by atoms with Gasteiger partial charge < -0.3 is 5.11 Å². The lowest BCUT2D eigenvalue weighted by Gasteiger charge is -1.96.